The summed E-state index contributed by atoms with van der Waals surface area (Å²) in [6.45, 7) is 8.98. The number of carbonyl (C=O) groups excluding carboxylic acids is 3. The lowest BCUT2D eigenvalue weighted by atomic mass is 10.1. The molecule has 178 valence electrons. The van der Waals surface area contributed by atoms with E-state index in [4.69, 9.17) is 5.10 Å². The molecule has 0 saturated carbocycles. The number of aromatic nitrogens is 2. The number of rotatable bonds is 9. The maximum Gasteiger partial charge on any atom is 0.245 e. The van der Waals surface area contributed by atoms with Gasteiger partial charge in [-0.1, -0.05) is 48.0 Å². The lowest BCUT2D eigenvalue weighted by Crippen LogP contribution is -2.42. The summed E-state index contributed by atoms with van der Waals surface area (Å²) in [5.74, 6) is -0.0360. The molecule has 34 heavy (non-hydrogen) atoms. The highest BCUT2D eigenvalue weighted by Crippen LogP contribution is 2.33. The van der Waals surface area contributed by atoms with E-state index in [1.54, 1.807) is 4.68 Å². The van der Waals surface area contributed by atoms with Gasteiger partial charge in [-0.2, -0.15) is 5.10 Å². The zero-order chi connectivity index (χ0) is 24.8. The summed E-state index contributed by atoms with van der Waals surface area (Å²) in [6, 6.07) is 17.5. The number of ketones is 1. The molecular weight excluding hydrogens is 428 g/mol. The normalized spacial score (nSPS) is 10.9. The highest BCUT2D eigenvalue weighted by Gasteiger charge is 2.24. The summed E-state index contributed by atoms with van der Waals surface area (Å²) in [4.78, 5) is 38.7. The summed E-state index contributed by atoms with van der Waals surface area (Å²) >= 11 is 0. The molecule has 0 aliphatic rings. The van der Waals surface area contributed by atoms with Crippen LogP contribution in [0.3, 0.4) is 0 Å². The molecule has 0 fully saturated rings. The van der Waals surface area contributed by atoms with Crippen LogP contribution in [0.2, 0.25) is 0 Å². The van der Waals surface area contributed by atoms with Crippen molar-refractivity contribution in [2.24, 2.45) is 0 Å². The molecule has 0 bridgehead atoms. The van der Waals surface area contributed by atoms with Crippen molar-refractivity contribution in [2.75, 3.05) is 11.9 Å². The molecule has 7 nitrogen and oxygen atoms in total. The van der Waals surface area contributed by atoms with Crippen LogP contribution in [0.5, 0.6) is 0 Å². The molecule has 1 N–H and O–H groups in total. The van der Waals surface area contributed by atoms with Crippen molar-refractivity contribution >= 4 is 23.4 Å². The minimum atomic E-state index is -0.324. The number of hydrogen-bond acceptors (Lipinski definition) is 4. The lowest BCUT2D eigenvalue weighted by Gasteiger charge is -2.26. The molecule has 3 rings (SSSR count). The Morgan fingerprint density at radius 3 is 2.21 bits per heavy atom. The van der Waals surface area contributed by atoms with Crippen LogP contribution in [0.25, 0.3) is 16.8 Å². The Bertz CT molecular complexity index is 1160. The van der Waals surface area contributed by atoms with E-state index in [-0.39, 0.29) is 43.0 Å². The van der Waals surface area contributed by atoms with E-state index in [9.17, 15) is 14.4 Å². The van der Waals surface area contributed by atoms with Crippen LogP contribution in [-0.4, -0.2) is 44.9 Å². The standard InChI is InChI=1S/C27H32N4O3/c1-18(2)30(25(34)16-13-20(4)32)17-24(33)28-27-26(22-9-7-6-8-10-22)21(5)29-31(27)23-14-11-19(3)12-15-23/h6-12,14-15,18H,13,16-17H2,1-5H3,(H,28,33). The molecule has 0 atom stereocenters. The summed E-state index contributed by atoms with van der Waals surface area (Å²) in [7, 11) is 0. The van der Waals surface area contributed by atoms with E-state index in [1.165, 1.54) is 11.8 Å². The highest BCUT2D eigenvalue weighted by atomic mass is 16.2. The summed E-state index contributed by atoms with van der Waals surface area (Å²) < 4.78 is 1.73. The van der Waals surface area contributed by atoms with E-state index >= 15 is 0 Å². The van der Waals surface area contributed by atoms with Crippen molar-refractivity contribution in [3.63, 3.8) is 0 Å². The molecule has 2 aromatic carbocycles. The fraction of sp³-hybridized carbons (Fsp3) is 0.333. The van der Waals surface area contributed by atoms with Gasteiger partial charge in [0.1, 0.15) is 18.1 Å². The van der Waals surface area contributed by atoms with E-state index in [2.05, 4.69) is 5.32 Å². The minimum Gasteiger partial charge on any atom is -0.331 e. The number of anilines is 1. The van der Waals surface area contributed by atoms with Crippen LogP contribution in [0.4, 0.5) is 5.82 Å². The second-order valence-electron chi connectivity index (χ2n) is 8.79. The Hall–Kier alpha value is -3.74. The van der Waals surface area contributed by atoms with E-state index < -0.39 is 0 Å². The molecule has 0 saturated heterocycles. The van der Waals surface area contributed by atoms with Crippen molar-refractivity contribution in [2.45, 2.75) is 53.5 Å². The Labute approximate surface area is 200 Å². The lowest BCUT2D eigenvalue weighted by molar-refractivity contribution is -0.137. The van der Waals surface area contributed by atoms with Crippen molar-refractivity contribution in [3.8, 4) is 16.8 Å². The average molecular weight is 461 g/mol. The van der Waals surface area contributed by atoms with Crippen LogP contribution >= 0.6 is 0 Å². The van der Waals surface area contributed by atoms with Crippen molar-refractivity contribution < 1.29 is 14.4 Å². The molecule has 1 heterocycles. The van der Waals surface area contributed by atoms with Gasteiger partial charge >= 0.3 is 0 Å². The van der Waals surface area contributed by atoms with Gasteiger partial charge in [0, 0.05) is 24.4 Å². The van der Waals surface area contributed by atoms with Gasteiger partial charge in [-0.05, 0) is 52.3 Å². The predicted octanol–water partition coefficient (Wildman–Crippen LogP) is 4.70. The Morgan fingerprint density at radius 2 is 1.62 bits per heavy atom. The van der Waals surface area contributed by atoms with Crippen LogP contribution < -0.4 is 5.32 Å². The monoisotopic (exact) mass is 460 g/mol. The van der Waals surface area contributed by atoms with Gasteiger partial charge in [-0.15, -0.1) is 0 Å². The summed E-state index contributed by atoms with van der Waals surface area (Å²) in [5, 5.41) is 7.74. The molecule has 3 aromatic rings. The molecule has 2 amide bonds. The summed E-state index contributed by atoms with van der Waals surface area (Å²) in [6.07, 6.45) is 0.262. The number of benzene rings is 2. The predicted molar refractivity (Wildman–Crippen MR) is 134 cm³/mol. The number of carbonyl (C=O) groups is 3. The molecule has 0 unspecified atom stereocenters. The van der Waals surface area contributed by atoms with Gasteiger partial charge in [0.25, 0.3) is 0 Å². The number of Topliss-reactive ketones (excluding diaryl/α,β-unsaturated/α-hetero) is 1. The second kappa shape index (κ2) is 10.9. The molecule has 0 radical (unpaired) electrons. The van der Waals surface area contributed by atoms with Crippen LogP contribution in [0.15, 0.2) is 54.6 Å². The first-order valence-electron chi connectivity index (χ1n) is 11.5. The molecule has 0 aliphatic heterocycles. The van der Waals surface area contributed by atoms with Crippen LogP contribution in [0, 0.1) is 13.8 Å². The Morgan fingerprint density at radius 1 is 0.971 bits per heavy atom. The number of nitrogens with one attached hydrogen (secondary N) is 1. The number of hydrogen-bond donors (Lipinski definition) is 1. The average Bonchev–Trinajstić information content (AvgIpc) is 3.12. The van der Waals surface area contributed by atoms with Crippen LogP contribution in [0.1, 0.15) is 44.9 Å². The largest absolute Gasteiger partial charge is 0.331 e. The van der Waals surface area contributed by atoms with Crippen LogP contribution in [-0.2, 0) is 14.4 Å². The number of nitrogens with zero attached hydrogens (tertiary/aromatic N) is 3. The maximum atomic E-state index is 13.2. The molecule has 0 aliphatic carbocycles. The Balaban J connectivity index is 1.95. The molecule has 1 aromatic heterocycles. The SMILES string of the molecule is CC(=O)CCC(=O)N(CC(=O)Nc1c(-c2ccccc2)c(C)nn1-c1ccc(C)cc1)C(C)C. The topological polar surface area (TPSA) is 84.3 Å². The number of aryl methyl sites for hydroxylation is 2. The van der Waals surface area contributed by atoms with Crippen molar-refractivity contribution in [1.82, 2.24) is 14.7 Å². The third-order valence-electron chi connectivity index (χ3n) is 5.61. The minimum absolute atomic E-state index is 0.0496. The van der Waals surface area contributed by atoms with E-state index in [0.29, 0.717) is 5.82 Å². The molecular formula is C27H32N4O3. The van der Waals surface area contributed by atoms with Crippen molar-refractivity contribution in [3.05, 3.63) is 65.9 Å². The first-order chi connectivity index (χ1) is 16.2. The van der Waals surface area contributed by atoms with Gasteiger partial charge in [0.05, 0.1) is 11.4 Å². The Kier molecular flexibility index (Phi) is 7.99. The molecule has 7 heteroatoms. The first-order valence-corrected chi connectivity index (χ1v) is 11.5. The smallest absolute Gasteiger partial charge is 0.245 e. The highest BCUT2D eigenvalue weighted by molar-refractivity contribution is 5.98. The van der Waals surface area contributed by atoms with E-state index in [1.807, 2.05) is 82.3 Å². The first kappa shape index (κ1) is 24.9. The fourth-order valence-corrected chi connectivity index (χ4v) is 3.78. The maximum absolute atomic E-state index is 13.2. The fourth-order valence-electron chi connectivity index (χ4n) is 3.78. The second-order valence-corrected chi connectivity index (χ2v) is 8.79. The third kappa shape index (κ3) is 5.98. The van der Waals surface area contributed by atoms with Crippen molar-refractivity contribution in [1.29, 1.82) is 0 Å². The summed E-state index contributed by atoms with van der Waals surface area (Å²) in [5.41, 5.74) is 4.49. The molecule has 0 spiro atoms. The zero-order valence-electron chi connectivity index (χ0n) is 20.5. The van der Waals surface area contributed by atoms with E-state index in [0.717, 1.165) is 28.1 Å². The van der Waals surface area contributed by atoms with Gasteiger partial charge < -0.3 is 15.0 Å². The number of amides is 2. The van der Waals surface area contributed by atoms with Gasteiger partial charge in [0.2, 0.25) is 11.8 Å². The van der Waals surface area contributed by atoms with Gasteiger partial charge in [-0.25, -0.2) is 4.68 Å². The zero-order valence-corrected chi connectivity index (χ0v) is 20.5. The van der Waals surface area contributed by atoms with Gasteiger partial charge in [0.15, 0.2) is 0 Å². The van der Waals surface area contributed by atoms with Gasteiger partial charge in [-0.3, -0.25) is 9.59 Å². The third-order valence-corrected chi connectivity index (χ3v) is 5.61. The quantitative estimate of drug-likeness (QED) is 0.502.